The van der Waals surface area contributed by atoms with Crippen LogP contribution < -0.4 is 36.2 Å². The number of hydroxylamine groups is 2. The summed E-state index contributed by atoms with van der Waals surface area (Å²) in [5, 5.41) is 32.9. The Morgan fingerprint density at radius 2 is 1.51 bits per heavy atom. The second-order valence-electron chi connectivity index (χ2n) is 17.5. The number of nitrogens with zero attached hydrogens (tertiary/aromatic N) is 1. The van der Waals surface area contributed by atoms with Gasteiger partial charge in [0.05, 0.1) is 5.56 Å². The summed E-state index contributed by atoms with van der Waals surface area (Å²) < 4.78 is 53.7. The van der Waals surface area contributed by atoms with Gasteiger partial charge in [-0.05, 0) is 68.0 Å². The first kappa shape index (κ1) is 55.5. The van der Waals surface area contributed by atoms with Crippen LogP contribution in [0, 0.1) is 5.82 Å². The molecule has 0 aromatic heterocycles. The number of nitrogens with one attached hydrogen (secondary N) is 3. The average molecular weight is 972 g/mol. The molecule has 1 aliphatic rings. The highest BCUT2D eigenvalue weighted by Gasteiger charge is 2.39. The molecule has 0 fully saturated rings. The molecule has 0 saturated heterocycles. The summed E-state index contributed by atoms with van der Waals surface area (Å²) in [4.78, 5) is 48.1. The lowest BCUT2D eigenvalue weighted by Crippen LogP contribution is -2.53. The van der Waals surface area contributed by atoms with Gasteiger partial charge in [-0.3, -0.25) is 14.4 Å². The van der Waals surface area contributed by atoms with Crippen LogP contribution in [0.25, 0.3) is 22.9 Å². The molecule has 14 nitrogen and oxygen atoms in total. The summed E-state index contributed by atoms with van der Waals surface area (Å²) >= 11 is 0. The SMILES string of the molecule is C=C(C)C(=O)NCCCNC(=O)C(CS(=O)(=O)ON(CCCC)C(CCC)(CCCC)CCCC)NC(C)=O.C=c1ccc2c(c1)Oc1c(cc(F)c3cc([O-])ccc13)C=2c1ccccc1C(=O)O. The van der Waals surface area contributed by atoms with Gasteiger partial charge in [0.25, 0.3) is 10.1 Å². The van der Waals surface area contributed by atoms with Crippen LogP contribution in [0.2, 0.25) is 0 Å². The Morgan fingerprint density at radius 1 is 0.841 bits per heavy atom. The standard InChI is InChI=1S/C28H54N4O6S.C25H15FO4/c1-8-12-17-28(16-11-4,18-13-9-2)32(21-14-10-3)38-39(36,37)22-25(31-24(7)33)27(35)30-20-15-19-29-26(34)23(5)6;1-13-6-8-18-22(10-13)30-24-16-9-7-14(27)11-19(16)21(26)12-20(24)23(18)15-4-2-3-5-17(15)25(28)29/h25H,5,8-22H2,1-4,6-7H3,(H,29,34)(H,30,35)(H,31,33);2-12,27H,1H2,(H,28,29)/p-1. The van der Waals surface area contributed by atoms with Gasteiger partial charge in [-0.25, -0.2) is 9.18 Å². The molecule has 0 aliphatic carbocycles. The molecule has 3 amide bonds. The Balaban J connectivity index is 0.000000308. The molecule has 16 heteroatoms. The number of carbonyl (C=O) groups excluding carboxylic acids is 3. The molecule has 0 saturated carbocycles. The molecule has 0 bridgehead atoms. The molecule has 0 spiro atoms. The van der Waals surface area contributed by atoms with Crippen LogP contribution in [-0.4, -0.2) is 79.2 Å². The van der Waals surface area contributed by atoms with E-state index in [9.17, 15) is 37.8 Å². The number of carbonyl (C=O) groups is 4. The number of hydrogen-bond donors (Lipinski definition) is 4. The van der Waals surface area contributed by atoms with Gasteiger partial charge in [-0.1, -0.05) is 128 Å². The van der Waals surface area contributed by atoms with E-state index in [1.165, 1.54) is 37.3 Å². The van der Waals surface area contributed by atoms with Crippen LogP contribution in [0.15, 0.2) is 78.9 Å². The van der Waals surface area contributed by atoms with Crippen molar-refractivity contribution >= 4 is 56.7 Å². The molecule has 4 N–H and O–H groups in total. The summed E-state index contributed by atoms with van der Waals surface area (Å²) in [7, 11) is -4.22. The Kier molecular flexibility index (Phi) is 20.9. The Hall–Kier alpha value is -6.10. The third-order valence-corrected chi connectivity index (χ3v) is 12.9. The molecule has 1 heterocycles. The van der Waals surface area contributed by atoms with Crippen LogP contribution in [0.1, 0.15) is 134 Å². The van der Waals surface area contributed by atoms with E-state index in [-0.39, 0.29) is 29.2 Å². The lowest BCUT2D eigenvalue weighted by atomic mass is 9.82. The number of halogens is 1. The lowest BCUT2D eigenvalue weighted by molar-refractivity contribution is -0.268. The first-order valence-corrected chi connectivity index (χ1v) is 25.3. The highest BCUT2D eigenvalue weighted by molar-refractivity contribution is 7.86. The molecule has 4 aromatic rings. The predicted molar refractivity (Wildman–Crippen MR) is 266 cm³/mol. The number of hydrogen-bond acceptors (Lipinski definition) is 10. The van der Waals surface area contributed by atoms with E-state index in [1.807, 2.05) is 6.92 Å². The van der Waals surface area contributed by atoms with Crippen LogP contribution in [-0.2, 0) is 28.8 Å². The Labute approximate surface area is 405 Å². The fraction of sp³-hybridized carbons (Fsp3) is 0.434. The zero-order valence-electron chi connectivity index (χ0n) is 40.8. The van der Waals surface area contributed by atoms with E-state index in [0.717, 1.165) is 69.4 Å². The van der Waals surface area contributed by atoms with Crippen molar-refractivity contribution in [2.45, 2.75) is 124 Å². The van der Waals surface area contributed by atoms with Gasteiger partial charge in [0.15, 0.2) is 0 Å². The first-order chi connectivity index (χ1) is 32.8. The number of rotatable bonds is 25. The first-order valence-electron chi connectivity index (χ1n) is 23.8. The maximum absolute atomic E-state index is 15.0. The predicted octanol–water partition coefficient (Wildman–Crippen LogP) is 7.49. The number of amides is 3. The number of unbranched alkanes of at least 4 members (excludes halogenated alkanes) is 3. The van der Waals surface area contributed by atoms with Crippen LogP contribution >= 0.6 is 0 Å². The molecule has 1 atom stereocenters. The maximum atomic E-state index is 15.0. The van der Waals surface area contributed by atoms with Gasteiger partial charge in [0.2, 0.25) is 17.7 Å². The number of ether oxygens (including phenoxy) is 1. The van der Waals surface area contributed by atoms with Crippen molar-refractivity contribution in [3.05, 3.63) is 112 Å². The van der Waals surface area contributed by atoms with Crippen molar-refractivity contribution in [2.24, 2.45) is 0 Å². The van der Waals surface area contributed by atoms with Crippen molar-refractivity contribution in [3.8, 4) is 17.2 Å². The van der Waals surface area contributed by atoms with Crippen LogP contribution in [0.3, 0.4) is 0 Å². The van der Waals surface area contributed by atoms with Crippen molar-refractivity contribution < 1.29 is 51.2 Å². The van der Waals surface area contributed by atoms with Crippen molar-refractivity contribution in [3.63, 3.8) is 0 Å². The number of fused-ring (bicyclic) bond motifs is 4. The van der Waals surface area contributed by atoms with E-state index >= 15 is 4.39 Å². The summed E-state index contributed by atoms with van der Waals surface area (Å²) in [5.41, 5.74) is 1.50. The zero-order chi connectivity index (χ0) is 50.9. The monoisotopic (exact) mass is 971 g/mol. The number of benzene rings is 4. The quantitative estimate of drug-likeness (QED) is 0.0256. The molecule has 374 valence electrons. The Bertz CT molecular complexity index is 2700. The van der Waals surface area contributed by atoms with E-state index in [1.54, 1.807) is 48.4 Å². The largest absolute Gasteiger partial charge is 0.872 e. The van der Waals surface area contributed by atoms with E-state index in [0.29, 0.717) is 63.9 Å². The van der Waals surface area contributed by atoms with Gasteiger partial charge in [0, 0.05) is 64.8 Å². The molecule has 1 unspecified atom stereocenters. The fourth-order valence-corrected chi connectivity index (χ4v) is 9.59. The molecule has 1 aliphatic heterocycles. The number of carboxylic acid groups (broad SMARTS) is 1. The van der Waals surface area contributed by atoms with Crippen LogP contribution in [0.4, 0.5) is 4.39 Å². The molecular formula is C53H68FN4O10S-. The average Bonchev–Trinajstić information content (AvgIpc) is 3.30. The second kappa shape index (κ2) is 26.0. The lowest BCUT2D eigenvalue weighted by Gasteiger charge is -2.43. The summed E-state index contributed by atoms with van der Waals surface area (Å²) in [6.07, 6.45) is 9.35. The minimum absolute atomic E-state index is 0.0976. The normalized spacial score (nSPS) is 12.5. The topological polar surface area (TPSA) is 203 Å². The van der Waals surface area contributed by atoms with E-state index in [4.69, 9.17) is 9.02 Å². The summed E-state index contributed by atoms with van der Waals surface area (Å²) in [6, 6.07) is 16.0. The van der Waals surface area contributed by atoms with Gasteiger partial charge >= 0.3 is 5.97 Å². The maximum Gasteiger partial charge on any atom is 0.336 e. The minimum atomic E-state index is -4.22. The molecule has 0 radical (unpaired) electrons. The summed E-state index contributed by atoms with van der Waals surface area (Å²) in [5.74, 6) is -3.20. The molecular weight excluding hydrogens is 904 g/mol. The number of carboxylic acids is 1. The van der Waals surface area contributed by atoms with Crippen molar-refractivity contribution in [1.82, 2.24) is 21.0 Å². The molecule has 4 aromatic carbocycles. The van der Waals surface area contributed by atoms with Gasteiger partial charge in [0.1, 0.15) is 29.1 Å². The van der Waals surface area contributed by atoms with E-state index in [2.05, 4.69) is 49.9 Å². The zero-order valence-corrected chi connectivity index (χ0v) is 41.6. The van der Waals surface area contributed by atoms with Crippen LogP contribution in [0.5, 0.6) is 17.2 Å². The molecule has 5 rings (SSSR count). The Morgan fingerprint density at radius 3 is 2.13 bits per heavy atom. The second-order valence-corrected chi connectivity index (χ2v) is 19.1. The third-order valence-electron chi connectivity index (χ3n) is 11.8. The number of aromatic carboxylic acids is 1. The van der Waals surface area contributed by atoms with Crippen molar-refractivity contribution in [1.29, 1.82) is 0 Å². The highest BCUT2D eigenvalue weighted by Crippen LogP contribution is 2.43. The molecule has 69 heavy (non-hydrogen) atoms. The summed E-state index contributed by atoms with van der Waals surface area (Å²) in [6.45, 7) is 19.7. The minimum Gasteiger partial charge on any atom is -0.872 e. The fourth-order valence-electron chi connectivity index (χ4n) is 8.38. The van der Waals surface area contributed by atoms with Gasteiger partial charge in [-0.2, -0.15) is 17.8 Å². The smallest absolute Gasteiger partial charge is 0.336 e. The third kappa shape index (κ3) is 15.2. The van der Waals surface area contributed by atoms with Crippen molar-refractivity contribution in [2.75, 3.05) is 25.4 Å². The van der Waals surface area contributed by atoms with E-state index < -0.39 is 51.1 Å². The highest BCUT2D eigenvalue weighted by atomic mass is 32.2. The van der Waals surface area contributed by atoms with Gasteiger partial charge < -0.3 is 30.9 Å². The van der Waals surface area contributed by atoms with Gasteiger partial charge in [-0.15, -0.1) is 5.75 Å².